The predicted molar refractivity (Wildman–Crippen MR) is 69.5 cm³/mol. The number of ether oxygens (including phenoxy) is 3. The maximum Gasteiger partial charge on any atom is 0.197 e. The van der Waals surface area contributed by atoms with Crippen molar-refractivity contribution in [2.24, 2.45) is 0 Å². The summed E-state index contributed by atoms with van der Waals surface area (Å²) in [7, 11) is 0. The molecule has 2 fully saturated rings. The van der Waals surface area contributed by atoms with Crippen LogP contribution in [0.5, 0.6) is 0 Å². The van der Waals surface area contributed by atoms with E-state index in [0.717, 1.165) is 0 Å². The van der Waals surface area contributed by atoms with Crippen LogP contribution >= 0.6 is 11.6 Å². The van der Waals surface area contributed by atoms with E-state index in [4.69, 9.17) is 30.9 Å². The molecule has 2 aliphatic rings. The Balaban J connectivity index is 2.11. The second kappa shape index (κ2) is 6.23. The van der Waals surface area contributed by atoms with Crippen molar-refractivity contribution in [1.29, 1.82) is 0 Å². The molecular formula is C12H21ClO8. The number of halogens is 1. The molecule has 9 atom stereocenters. The summed E-state index contributed by atoms with van der Waals surface area (Å²) in [6.07, 6.45) is -8.38. The molecule has 2 aliphatic heterocycles. The molecule has 2 rings (SSSR count). The van der Waals surface area contributed by atoms with Crippen LogP contribution in [0, 0.1) is 0 Å². The third-order valence-corrected chi connectivity index (χ3v) is 4.45. The molecule has 0 spiro atoms. The standard InChI is InChI=1S/C12H21ClO8/c1-4-7(15)10(18)12(2,20-4)21-11-9(17)8(16)6(13)5(3-14)19-11/h4-11,14-18H,3H2,1-2H3. The Morgan fingerprint density at radius 1 is 1.14 bits per heavy atom. The summed E-state index contributed by atoms with van der Waals surface area (Å²) in [5.41, 5.74) is 0. The fraction of sp³-hybridized carbons (Fsp3) is 1.00. The Kier molecular flexibility index (Phi) is 5.14. The second-order valence-electron chi connectivity index (χ2n) is 5.54. The molecule has 0 saturated carbocycles. The molecule has 0 aliphatic carbocycles. The third-order valence-electron chi connectivity index (χ3n) is 3.91. The molecule has 5 N–H and O–H groups in total. The first-order chi connectivity index (χ1) is 9.71. The molecule has 0 radical (unpaired) electrons. The van der Waals surface area contributed by atoms with Crippen LogP contribution in [0.3, 0.4) is 0 Å². The van der Waals surface area contributed by atoms with Gasteiger partial charge in [-0.05, 0) is 13.8 Å². The quantitative estimate of drug-likeness (QED) is 0.373. The highest BCUT2D eigenvalue weighted by Crippen LogP contribution is 2.36. The highest BCUT2D eigenvalue weighted by Gasteiger charge is 2.54. The zero-order valence-electron chi connectivity index (χ0n) is 11.7. The van der Waals surface area contributed by atoms with Crippen LogP contribution < -0.4 is 0 Å². The summed E-state index contributed by atoms with van der Waals surface area (Å²) in [4.78, 5) is 0. The summed E-state index contributed by atoms with van der Waals surface area (Å²) >= 11 is 5.85. The van der Waals surface area contributed by atoms with Gasteiger partial charge in [-0.25, -0.2) is 0 Å². The number of hydrogen-bond donors (Lipinski definition) is 5. The lowest BCUT2D eigenvalue weighted by Crippen LogP contribution is -2.60. The Labute approximate surface area is 126 Å². The van der Waals surface area contributed by atoms with Crippen LogP contribution in [-0.4, -0.2) is 86.2 Å². The Bertz CT molecular complexity index is 369. The van der Waals surface area contributed by atoms with Crippen LogP contribution in [-0.2, 0) is 14.2 Å². The lowest BCUT2D eigenvalue weighted by atomic mass is 10.0. The van der Waals surface area contributed by atoms with Gasteiger partial charge in [-0.3, -0.25) is 0 Å². The van der Waals surface area contributed by atoms with Gasteiger partial charge in [0.1, 0.15) is 30.5 Å². The van der Waals surface area contributed by atoms with Crippen molar-refractivity contribution in [3.05, 3.63) is 0 Å². The van der Waals surface area contributed by atoms with Crippen molar-refractivity contribution in [3.63, 3.8) is 0 Å². The molecular weight excluding hydrogens is 308 g/mol. The molecule has 2 saturated heterocycles. The maximum atomic E-state index is 9.97. The highest BCUT2D eigenvalue weighted by atomic mass is 35.5. The maximum absolute atomic E-state index is 9.97. The number of aliphatic hydroxyl groups is 5. The molecule has 0 aromatic rings. The molecule has 124 valence electrons. The van der Waals surface area contributed by atoms with Crippen molar-refractivity contribution in [3.8, 4) is 0 Å². The summed E-state index contributed by atoms with van der Waals surface area (Å²) in [5.74, 6) is -1.62. The van der Waals surface area contributed by atoms with Crippen LogP contribution in [0.2, 0.25) is 0 Å². The summed E-state index contributed by atoms with van der Waals surface area (Å²) in [6, 6.07) is 0. The number of aliphatic hydroxyl groups excluding tert-OH is 5. The molecule has 8 nitrogen and oxygen atoms in total. The minimum absolute atomic E-state index is 0.475. The zero-order valence-corrected chi connectivity index (χ0v) is 12.4. The number of alkyl halides is 1. The van der Waals surface area contributed by atoms with Crippen molar-refractivity contribution in [2.45, 2.75) is 67.9 Å². The molecule has 0 bridgehead atoms. The SMILES string of the molecule is CC1OC(C)(OC2OC(CO)C(Cl)C(O)C2O)C(O)C1O. The first-order valence-corrected chi connectivity index (χ1v) is 7.13. The highest BCUT2D eigenvalue weighted by molar-refractivity contribution is 6.21. The second-order valence-corrected chi connectivity index (χ2v) is 6.05. The van der Waals surface area contributed by atoms with Gasteiger partial charge >= 0.3 is 0 Å². The van der Waals surface area contributed by atoms with Gasteiger partial charge in [-0.1, -0.05) is 0 Å². The first-order valence-electron chi connectivity index (χ1n) is 6.69. The van der Waals surface area contributed by atoms with Gasteiger partial charge in [0.25, 0.3) is 0 Å². The molecule has 0 amide bonds. The van der Waals surface area contributed by atoms with Crippen molar-refractivity contribution < 1.29 is 39.7 Å². The lowest BCUT2D eigenvalue weighted by Gasteiger charge is -2.42. The van der Waals surface area contributed by atoms with Gasteiger partial charge in [0.2, 0.25) is 0 Å². The molecule has 9 heteroatoms. The minimum atomic E-state index is -1.62. The van der Waals surface area contributed by atoms with E-state index in [1.54, 1.807) is 6.92 Å². The van der Waals surface area contributed by atoms with Gasteiger partial charge in [0.15, 0.2) is 12.1 Å². The average Bonchev–Trinajstić information content (AvgIpc) is 2.63. The van der Waals surface area contributed by atoms with E-state index in [1.165, 1.54) is 6.92 Å². The largest absolute Gasteiger partial charge is 0.394 e. The lowest BCUT2D eigenvalue weighted by molar-refractivity contribution is -0.359. The summed E-state index contributed by atoms with van der Waals surface area (Å²) in [6.45, 7) is 2.46. The average molecular weight is 329 g/mol. The van der Waals surface area contributed by atoms with Crippen molar-refractivity contribution in [1.82, 2.24) is 0 Å². The fourth-order valence-electron chi connectivity index (χ4n) is 2.54. The number of rotatable bonds is 3. The monoisotopic (exact) mass is 328 g/mol. The van der Waals surface area contributed by atoms with E-state index in [0.29, 0.717) is 0 Å². The zero-order chi connectivity index (χ0) is 15.9. The Hall–Kier alpha value is -0.0300. The molecule has 0 aromatic heterocycles. The molecule has 0 aromatic carbocycles. The van der Waals surface area contributed by atoms with Gasteiger partial charge in [-0.2, -0.15) is 0 Å². The van der Waals surface area contributed by atoms with Crippen LogP contribution in [0.25, 0.3) is 0 Å². The smallest absolute Gasteiger partial charge is 0.197 e. The van der Waals surface area contributed by atoms with Gasteiger partial charge in [0, 0.05) is 0 Å². The fourth-order valence-corrected chi connectivity index (χ4v) is 2.83. The number of hydrogen-bond acceptors (Lipinski definition) is 8. The van der Waals surface area contributed by atoms with Crippen molar-refractivity contribution >= 4 is 11.6 Å². The molecule has 9 unspecified atom stereocenters. The Morgan fingerprint density at radius 3 is 2.24 bits per heavy atom. The first kappa shape index (κ1) is 17.3. The Morgan fingerprint density at radius 2 is 1.76 bits per heavy atom. The van der Waals surface area contributed by atoms with E-state index >= 15 is 0 Å². The predicted octanol–water partition coefficient (Wildman–Crippen LogP) is -2.09. The van der Waals surface area contributed by atoms with Crippen LogP contribution in [0.15, 0.2) is 0 Å². The van der Waals surface area contributed by atoms with Gasteiger partial charge in [0.05, 0.1) is 18.1 Å². The van der Waals surface area contributed by atoms with E-state index in [1.807, 2.05) is 0 Å². The normalized spacial score (nSPS) is 54.9. The molecule has 21 heavy (non-hydrogen) atoms. The van der Waals surface area contributed by atoms with E-state index in [2.05, 4.69) is 0 Å². The third kappa shape index (κ3) is 3.05. The molecule has 2 heterocycles. The van der Waals surface area contributed by atoms with Gasteiger partial charge < -0.3 is 39.7 Å². The van der Waals surface area contributed by atoms with Crippen LogP contribution in [0.4, 0.5) is 0 Å². The summed E-state index contributed by atoms with van der Waals surface area (Å²) in [5, 5.41) is 47.6. The van der Waals surface area contributed by atoms with Crippen LogP contribution in [0.1, 0.15) is 13.8 Å². The summed E-state index contributed by atoms with van der Waals surface area (Å²) < 4.78 is 16.1. The van der Waals surface area contributed by atoms with Crippen molar-refractivity contribution in [2.75, 3.05) is 6.61 Å². The minimum Gasteiger partial charge on any atom is -0.394 e. The van der Waals surface area contributed by atoms with E-state index in [-0.39, 0.29) is 0 Å². The van der Waals surface area contributed by atoms with E-state index < -0.39 is 60.7 Å². The topological polar surface area (TPSA) is 129 Å². The van der Waals surface area contributed by atoms with E-state index in [9.17, 15) is 20.4 Å². The van der Waals surface area contributed by atoms with Gasteiger partial charge in [-0.15, -0.1) is 11.6 Å².